The minimum absolute atomic E-state index is 0.0338. The quantitative estimate of drug-likeness (QED) is 0.769. The Morgan fingerprint density at radius 3 is 2.89 bits per heavy atom. The lowest BCUT2D eigenvalue weighted by atomic mass is 9.89. The monoisotopic (exact) mass is 426 g/mol. The van der Waals surface area contributed by atoms with Gasteiger partial charge >= 0.3 is 0 Å². The van der Waals surface area contributed by atoms with Crippen molar-refractivity contribution in [1.29, 1.82) is 0 Å². The van der Waals surface area contributed by atoms with Crippen LogP contribution in [0.4, 0.5) is 5.69 Å². The lowest BCUT2D eigenvalue weighted by Gasteiger charge is -2.27. The van der Waals surface area contributed by atoms with Gasteiger partial charge in [-0.3, -0.25) is 9.59 Å². The van der Waals surface area contributed by atoms with E-state index in [0.717, 1.165) is 35.1 Å². The van der Waals surface area contributed by atoms with E-state index in [0.29, 0.717) is 19.3 Å². The van der Waals surface area contributed by atoms with Crippen molar-refractivity contribution in [3.8, 4) is 0 Å². The number of anilines is 1. The second kappa shape index (κ2) is 7.85. The van der Waals surface area contributed by atoms with Crippen molar-refractivity contribution < 1.29 is 9.59 Å². The van der Waals surface area contributed by atoms with E-state index in [-0.39, 0.29) is 23.8 Å². The van der Waals surface area contributed by atoms with E-state index in [2.05, 4.69) is 33.4 Å². The third-order valence-electron chi connectivity index (χ3n) is 5.63. The Kier molecular flexibility index (Phi) is 5.30. The molecule has 0 spiro atoms. The number of halogens is 1. The summed E-state index contributed by atoms with van der Waals surface area (Å²) < 4.78 is 1.04. The fourth-order valence-corrected chi connectivity index (χ4v) is 4.63. The minimum atomic E-state index is -0.129. The van der Waals surface area contributed by atoms with Crippen LogP contribution in [0.25, 0.3) is 0 Å². The molecule has 0 aromatic heterocycles. The number of carbonyl (C=O) groups excluding carboxylic acids is 2. The summed E-state index contributed by atoms with van der Waals surface area (Å²) >= 11 is 3.52. The van der Waals surface area contributed by atoms with Crippen molar-refractivity contribution in [1.82, 2.24) is 4.90 Å². The Labute approximate surface area is 168 Å². The molecule has 4 rings (SSSR count). The van der Waals surface area contributed by atoms with E-state index >= 15 is 0 Å². The molecule has 2 aromatic rings. The highest BCUT2D eigenvalue weighted by Gasteiger charge is 2.32. The van der Waals surface area contributed by atoms with E-state index in [1.807, 2.05) is 41.3 Å². The van der Waals surface area contributed by atoms with Crippen LogP contribution in [0.15, 0.2) is 53.0 Å². The van der Waals surface area contributed by atoms with E-state index in [9.17, 15) is 9.59 Å². The topological polar surface area (TPSA) is 49.4 Å². The molecule has 2 aromatic carbocycles. The van der Waals surface area contributed by atoms with Crippen LogP contribution in [-0.4, -0.2) is 23.3 Å². The molecule has 1 N–H and O–H groups in total. The van der Waals surface area contributed by atoms with Crippen LogP contribution < -0.4 is 5.32 Å². The van der Waals surface area contributed by atoms with Gasteiger partial charge in [-0.2, -0.15) is 0 Å². The SMILES string of the molecule is O=C1Nc2ccccc2CC1CCC(=O)N1CCCC1c1cccc(Br)c1. The van der Waals surface area contributed by atoms with Crippen molar-refractivity contribution in [2.45, 2.75) is 38.1 Å². The first kappa shape index (κ1) is 18.2. The van der Waals surface area contributed by atoms with Crippen LogP contribution in [0.5, 0.6) is 0 Å². The molecule has 0 bridgehead atoms. The fraction of sp³-hybridized carbons (Fsp3) is 0.364. The van der Waals surface area contributed by atoms with Gasteiger partial charge in [-0.1, -0.05) is 46.3 Å². The maximum Gasteiger partial charge on any atom is 0.227 e. The van der Waals surface area contributed by atoms with Crippen LogP contribution in [0.1, 0.15) is 42.9 Å². The number of benzene rings is 2. The summed E-state index contributed by atoms with van der Waals surface area (Å²) in [6.07, 6.45) is 3.76. The number of likely N-dealkylation sites (tertiary alicyclic amines) is 1. The van der Waals surface area contributed by atoms with Gasteiger partial charge in [0.25, 0.3) is 0 Å². The number of nitrogens with one attached hydrogen (secondary N) is 1. The molecule has 5 heteroatoms. The Balaban J connectivity index is 1.40. The third-order valence-corrected chi connectivity index (χ3v) is 6.12. The standard InChI is InChI=1S/C22H23BrN2O2/c23-18-7-3-6-16(14-18)20-9-4-12-25(20)21(26)11-10-17-13-15-5-1-2-8-19(15)24-22(17)27/h1-3,5-8,14,17,20H,4,9-13H2,(H,24,27). The molecular formula is C22H23BrN2O2. The Bertz CT molecular complexity index is 867. The number of rotatable bonds is 4. The average molecular weight is 427 g/mol. The van der Waals surface area contributed by atoms with Gasteiger partial charge < -0.3 is 10.2 Å². The largest absolute Gasteiger partial charge is 0.336 e. The van der Waals surface area contributed by atoms with Gasteiger partial charge in [0.15, 0.2) is 0 Å². The second-order valence-corrected chi connectivity index (χ2v) is 8.30. The predicted octanol–water partition coefficient (Wildman–Crippen LogP) is 4.70. The number of hydrogen-bond donors (Lipinski definition) is 1. The first-order valence-electron chi connectivity index (χ1n) is 9.55. The van der Waals surface area contributed by atoms with E-state index in [1.54, 1.807) is 0 Å². The molecule has 27 heavy (non-hydrogen) atoms. The van der Waals surface area contributed by atoms with E-state index in [1.165, 1.54) is 5.56 Å². The van der Waals surface area contributed by atoms with Crippen LogP contribution in [0.2, 0.25) is 0 Å². The number of hydrogen-bond acceptors (Lipinski definition) is 2. The summed E-state index contributed by atoms with van der Waals surface area (Å²) in [7, 11) is 0. The number of amides is 2. The molecule has 2 unspecified atom stereocenters. The van der Waals surface area contributed by atoms with Crippen molar-refractivity contribution in [3.05, 3.63) is 64.1 Å². The van der Waals surface area contributed by atoms with E-state index < -0.39 is 0 Å². The molecule has 4 nitrogen and oxygen atoms in total. The van der Waals surface area contributed by atoms with Gasteiger partial charge in [0.05, 0.1) is 6.04 Å². The second-order valence-electron chi connectivity index (χ2n) is 7.39. The first-order valence-corrected chi connectivity index (χ1v) is 10.3. The van der Waals surface area contributed by atoms with Gasteiger partial charge in [-0.15, -0.1) is 0 Å². The summed E-state index contributed by atoms with van der Waals surface area (Å²) in [6, 6.07) is 16.3. The maximum absolute atomic E-state index is 12.9. The van der Waals surface area contributed by atoms with Crippen molar-refractivity contribution >= 4 is 33.4 Å². The summed E-state index contributed by atoms with van der Waals surface area (Å²) in [6.45, 7) is 0.801. The summed E-state index contributed by atoms with van der Waals surface area (Å²) in [4.78, 5) is 27.3. The molecule has 1 saturated heterocycles. The van der Waals surface area contributed by atoms with Crippen molar-refractivity contribution in [2.24, 2.45) is 5.92 Å². The zero-order valence-electron chi connectivity index (χ0n) is 15.2. The molecule has 1 fully saturated rings. The Morgan fingerprint density at radius 2 is 2.04 bits per heavy atom. The summed E-state index contributed by atoms with van der Waals surface area (Å²) in [5.41, 5.74) is 3.24. The maximum atomic E-state index is 12.9. The highest BCUT2D eigenvalue weighted by atomic mass is 79.9. The normalized spacial score (nSPS) is 21.7. The molecule has 2 aliphatic heterocycles. The highest BCUT2D eigenvalue weighted by molar-refractivity contribution is 9.10. The lowest BCUT2D eigenvalue weighted by molar-refractivity contribution is -0.132. The molecule has 2 heterocycles. The predicted molar refractivity (Wildman–Crippen MR) is 109 cm³/mol. The lowest BCUT2D eigenvalue weighted by Crippen LogP contribution is -2.33. The average Bonchev–Trinajstić information content (AvgIpc) is 3.16. The van der Waals surface area contributed by atoms with Gasteiger partial charge in [0, 0.05) is 29.0 Å². The number of carbonyl (C=O) groups is 2. The number of fused-ring (bicyclic) bond motifs is 1. The highest BCUT2D eigenvalue weighted by Crippen LogP contribution is 2.34. The van der Waals surface area contributed by atoms with Crippen LogP contribution >= 0.6 is 15.9 Å². The summed E-state index contributed by atoms with van der Waals surface area (Å²) in [5, 5.41) is 2.98. The Morgan fingerprint density at radius 1 is 1.19 bits per heavy atom. The van der Waals surface area contributed by atoms with Crippen LogP contribution in [-0.2, 0) is 16.0 Å². The van der Waals surface area contributed by atoms with Gasteiger partial charge in [-0.05, 0) is 55.0 Å². The molecule has 2 atom stereocenters. The fourth-order valence-electron chi connectivity index (χ4n) is 4.21. The molecule has 2 amide bonds. The van der Waals surface area contributed by atoms with Gasteiger partial charge in [-0.25, -0.2) is 0 Å². The first-order chi connectivity index (χ1) is 13.1. The molecule has 0 saturated carbocycles. The zero-order valence-corrected chi connectivity index (χ0v) is 16.7. The number of nitrogens with zero attached hydrogens (tertiary/aromatic N) is 1. The molecular weight excluding hydrogens is 404 g/mol. The zero-order chi connectivity index (χ0) is 18.8. The Hall–Kier alpha value is -2.14. The molecule has 2 aliphatic rings. The van der Waals surface area contributed by atoms with Crippen molar-refractivity contribution in [2.75, 3.05) is 11.9 Å². The van der Waals surface area contributed by atoms with Gasteiger partial charge in [0.2, 0.25) is 11.8 Å². The third kappa shape index (κ3) is 3.93. The van der Waals surface area contributed by atoms with E-state index in [4.69, 9.17) is 0 Å². The van der Waals surface area contributed by atoms with Crippen LogP contribution in [0.3, 0.4) is 0 Å². The minimum Gasteiger partial charge on any atom is -0.336 e. The van der Waals surface area contributed by atoms with Crippen molar-refractivity contribution in [3.63, 3.8) is 0 Å². The molecule has 0 radical (unpaired) electrons. The number of para-hydroxylation sites is 1. The molecule has 140 valence electrons. The summed E-state index contributed by atoms with van der Waals surface area (Å²) in [5.74, 6) is 0.0615. The van der Waals surface area contributed by atoms with Crippen LogP contribution in [0, 0.1) is 5.92 Å². The van der Waals surface area contributed by atoms with Gasteiger partial charge in [0.1, 0.15) is 0 Å². The smallest absolute Gasteiger partial charge is 0.227 e. The molecule has 0 aliphatic carbocycles.